The Morgan fingerprint density at radius 3 is 2.86 bits per heavy atom. The minimum Gasteiger partial charge on any atom is -0.378 e. The highest BCUT2D eigenvalue weighted by atomic mass is 16.5. The lowest BCUT2D eigenvalue weighted by Crippen LogP contribution is -2.39. The van der Waals surface area contributed by atoms with Crippen LogP contribution in [0, 0.1) is 6.92 Å². The van der Waals surface area contributed by atoms with E-state index in [9.17, 15) is 4.79 Å². The largest absolute Gasteiger partial charge is 0.378 e. The first-order chi connectivity index (χ1) is 14.2. The van der Waals surface area contributed by atoms with Gasteiger partial charge in [-0.2, -0.15) is 0 Å². The van der Waals surface area contributed by atoms with Crippen LogP contribution in [0.2, 0.25) is 0 Å². The second-order valence-electron chi connectivity index (χ2n) is 7.63. The van der Waals surface area contributed by atoms with Crippen LogP contribution in [-0.2, 0) is 4.74 Å². The fourth-order valence-corrected chi connectivity index (χ4v) is 3.86. The normalized spacial score (nSPS) is 19.4. The molecule has 0 bridgehead atoms. The lowest BCUT2D eigenvalue weighted by Gasteiger charge is -2.28. The van der Waals surface area contributed by atoms with Gasteiger partial charge in [-0.05, 0) is 57.2 Å². The van der Waals surface area contributed by atoms with Crippen LogP contribution in [0.15, 0.2) is 36.9 Å². The van der Waals surface area contributed by atoms with Crippen molar-refractivity contribution in [1.29, 1.82) is 0 Å². The van der Waals surface area contributed by atoms with E-state index < -0.39 is 0 Å². The van der Waals surface area contributed by atoms with Crippen LogP contribution in [0.4, 0.5) is 0 Å². The quantitative estimate of drug-likeness (QED) is 0.692. The third-order valence-electron chi connectivity index (χ3n) is 5.43. The summed E-state index contributed by atoms with van der Waals surface area (Å²) in [6.45, 7) is 4.92. The monoisotopic (exact) mass is 393 g/mol. The highest BCUT2D eigenvalue weighted by Gasteiger charge is 2.25. The number of nitrogens with zero attached hydrogens (tertiary/aromatic N) is 4. The molecule has 29 heavy (non-hydrogen) atoms. The second-order valence-corrected chi connectivity index (χ2v) is 7.63. The Balaban J connectivity index is 1.50. The van der Waals surface area contributed by atoms with Crippen molar-refractivity contribution >= 4 is 11.6 Å². The first-order valence-electron chi connectivity index (χ1n) is 10.3. The molecular formula is C22H27N5O2. The molecular weight excluding hydrogens is 366 g/mol. The number of rotatable bonds is 6. The summed E-state index contributed by atoms with van der Waals surface area (Å²) in [5.74, 6) is -0.166. The van der Waals surface area contributed by atoms with E-state index in [4.69, 9.17) is 9.72 Å². The average Bonchev–Trinajstić information content (AvgIpc) is 3.19. The number of ether oxygens (including phenoxy) is 1. The number of imidazole rings is 1. The third kappa shape index (κ3) is 4.29. The van der Waals surface area contributed by atoms with Gasteiger partial charge in [0.05, 0.1) is 11.8 Å². The van der Waals surface area contributed by atoms with Crippen LogP contribution >= 0.6 is 0 Å². The fourth-order valence-electron chi connectivity index (χ4n) is 3.86. The Morgan fingerprint density at radius 2 is 2.14 bits per heavy atom. The zero-order valence-corrected chi connectivity index (χ0v) is 17.0. The zero-order chi connectivity index (χ0) is 20.2. The number of carbonyl (C=O) groups is 1. The first kappa shape index (κ1) is 19.5. The summed E-state index contributed by atoms with van der Waals surface area (Å²) in [6.07, 6.45) is 10.4. The van der Waals surface area contributed by atoms with E-state index in [1.807, 2.05) is 29.5 Å². The van der Waals surface area contributed by atoms with Crippen molar-refractivity contribution < 1.29 is 9.53 Å². The van der Waals surface area contributed by atoms with E-state index in [1.54, 1.807) is 18.7 Å². The molecule has 1 aliphatic carbocycles. The predicted octanol–water partition coefficient (Wildman–Crippen LogP) is 3.57. The molecule has 3 heterocycles. The van der Waals surface area contributed by atoms with Crippen molar-refractivity contribution in [2.75, 3.05) is 6.61 Å². The molecule has 1 N–H and O–H groups in total. The second kappa shape index (κ2) is 8.69. The number of amides is 1. The van der Waals surface area contributed by atoms with E-state index in [1.165, 1.54) is 0 Å². The van der Waals surface area contributed by atoms with E-state index in [0.717, 1.165) is 55.7 Å². The van der Waals surface area contributed by atoms with Gasteiger partial charge in [0.25, 0.3) is 5.91 Å². The van der Waals surface area contributed by atoms with Crippen LogP contribution in [-0.4, -0.2) is 44.0 Å². The lowest BCUT2D eigenvalue weighted by molar-refractivity contribution is 0.0227. The van der Waals surface area contributed by atoms with Crippen molar-refractivity contribution in [3.8, 4) is 11.3 Å². The molecule has 0 atom stereocenters. The van der Waals surface area contributed by atoms with Gasteiger partial charge in [-0.1, -0.05) is 6.92 Å². The van der Waals surface area contributed by atoms with Crippen molar-refractivity contribution in [2.24, 2.45) is 0 Å². The van der Waals surface area contributed by atoms with Gasteiger partial charge < -0.3 is 10.1 Å². The lowest BCUT2D eigenvalue weighted by atomic mass is 9.93. The summed E-state index contributed by atoms with van der Waals surface area (Å²) in [5.41, 5.74) is 3.60. The minimum atomic E-state index is -0.166. The Labute approximate surface area is 170 Å². The predicted molar refractivity (Wildman–Crippen MR) is 111 cm³/mol. The highest BCUT2D eigenvalue weighted by molar-refractivity contribution is 5.98. The van der Waals surface area contributed by atoms with Crippen LogP contribution < -0.4 is 5.32 Å². The number of pyridine rings is 1. The van der Waals surface area contributed by atoms with Crippen LogP contribution in [0.25, 0.3) is 16.9 Å². The molecule has 0 saturated heterocycles. The minimum absolute atomic E-state index is 0.156. The topological polar surface area (TPSA) is 81.4 Å². The number of nitrogens with one attached hydrogen (secondary N) is 1. The van der Waals surface area contributed by atoms with Crippen LogP contribution in [0.5, 0.6) is 0 Å². The Kier molecular flexibility index (Phi) is 5.85. The average molecular weight is 393 g/mol. The molecule has 0 aliphatic heterocycles. The molecule has 1 amide bonds. The van der Waals surface area contributed by atoms with Crippen LogP contribution in [0.1, 0.15) is 55.2 Å². The van der Waals surface area contributed by atoms with Crippen molar-refractivity contribution in [3.63, 3.8) is 0 Å². The molecule has 1 saturated carbocycles. The molecule has 4 rings (SSSR count). The van der Waals surface area contributed by atoms with Gasteiger partial charge in [0.2, 0.25) is 0 Å². The standard InChI is InChI=1S/C22H27N5O2/c1-3-11-29-18-8-6-17(7-9-18)25-22(28)20-21-26-19(16-5-4-10-23-13-16)12-15(2)27(21)14-24-20/h4-5,10,12-14,17-18H,3,6-9,11H2,1-2H3,(H,25,28)/t17-,18-. The Hall–Kier alpha value is -2.80. The summed E-state index contributed by atoms with van der Waals surface area (Å²) in [6, 6.07) is 5.97. The summed E-state index contributed by atoms with van der Waals surface area (Å²) in [4.78, 5) is 26.2. The first-order valence-corrected chi connectivity index (χ1v) is 10.3. The maximum absolute atomic E-state index is 12.9. The maximum atomic E-state index is 12.9. The van der Waals surface area contributed by atoms with Crippen molar-refractivity contribution in [2.45, 2.75) is 58.1 Å². The molecule has 0 unspecified atom stereocenters. The Morgan fingerprint density at radius 1 is 1.31 bits per heavy atom. The zero-order valence-electron chi connectivity index (χ0n) is 17.0. The van der Waals surface area contributed by atoms with Crippen LogP contribution in [0.3, 0.4) is 0 Å². The summed E-state index contributed by atoms with van der Waals surface area (Å²) in [5, 5.41) is 3.15. The number of carbonyl (C=O) groups excluding carboxylic acids is 1. The SMILES string of the molecule is CCCO[C@H]1CC[C@H](NC(=O)c2ncn3c(C)cc(-c4cccnc4)nc23)CC1. The third-order valence-corrected chi connectivity index (χ3v) is 5.43. The van der Waals surface area contributed by atoms with Gasteiger partial charge in [-0.15, -0.1) is 0 Å². The summed E-state index contributed by atoms with van der Waals surface area (Å²) < 4.78 is 7.69. The number of fused-ring (bicyclic) bond motifs is 1. The van der Waals surface area contributed by atoms with Gasteiger partial charge in [0.1, 0.15) is 6.33 Å². The number of hydrogen-bond acceptors (Lipinski definition) is 5. The molecule has 1 aliphatic rings. The van der Waals surface area contributed by atoms with Gasteiger partial charge in [-0.25, -0.2) is 9.97 Å². The van der Waals surface area contributed by atoms with E-state index in [2.05, 4.69) is 22.2 Å². The molecule has 1 fully saturated rings. The van der Waals surface area contributed by atoms with E-state index in [-0.39, 0.29) is 11.9 Å². The maximum Gasteiger partial charge on any atom is 0.274 e. The molecule has 3 aromatic heterocycles. The fraction of sp³-hybridized carbons (Fsp3) is 0.455. The molecule has 0 spiro atoms. The number of hydrogen-bond donors (Lipinski definition) is 1. The van der Waals surface area contributed by atoms with E-state index in [0.29, 0.717) is 17.4 Å². The van der Waals surface area contributed by atoms with Crippen molar-refractivity contribution in [1.82, 2.24) is 24.7 Å². The van der Waals surface area contributed by atoms with Gasteiger partial charge in [0, 0.05) is 36.3 Å². The molecule has 3 aromatic rings. The molecule has 7 nitrogen and oxygen atoms in total. The molecule has 0 aromatic carbocycles. The van der Waals surface area contributed by atoms with Gasteiger partial charge >= 0.3 is 0 Å². The molecule has 7 heteroatoms. The summed E-state index contributed by atoms with van der Waals surface area (Å²) >= 11 is 0. The summed E-state index contributed by atoms with van der Waals surface area (Å²) in [7, 11) is 0. The smallest absolute Gasteiger partial charge is 0.274 e. The van der Waals surface area contributed by atoms with Crippen molar-refractivity contribution in [3.05, 3.63) is 48.3 Å². The van der Waals surface area contributed by atoms with Gasteiger partial charge in [-0.3, -0.25) is 14.2 Å². The van der Waals surface area contributed by atoms with Gasteiger partial charge in [0.15, 0.2) is 11.3 Å². The Bertz CT molecular complexity index is 978. The highest BCUT2D eigenvalue weighted by Crippen LogP contribution is 2.23. The molecule has 152 valence electrons. The molecule has 0 radical (unpaired) electrons. The number of aromatic nitrogens is 4. The van der Waals surface area contributed by atoms with E-state index >= 15 is 0 Å². The number of aryl methyl sites for hydroxylation is 1.